The Kier molecular flexibility index (Phi) is 20.8. The van der Waals surface area contributed by atoms with E-state index in [-0.39, 0.29) is 0 Å². The van der Waals surface area contributed by atoms with E-state index in [0.29, 0.717) is 30.4 Å². The molecule has 0 amide bonds. The van der Waals surface area contributed by atoms with Crippen molar-refractivity contribution in [3.63, 3.8) is 0 Å². The predicted octanol–water partition coefficient (Wildman–Crippen LogP) is 7.50. The normalized spacial score (nSPS) is 14.6. The number of hydrogen-bond acceptors (Lipinski definition) is 6. The second-order valence-corrected chi connectivity index (χ2v) is 9.81. The summed E-state index contributed by atoms with van der Waals surface area (Å²) < 4.78 is 16.0. The Morgan fingerprint density at radius 1 is 0.757 bits per heavy atom. The van der Waals surface area contributed by atoms with Crippen LogP contribution in [-0.2, 0) is 14.2 Å². The minimum absolute atomic E-state index is 0.293. The van der Waals surface area contributed by atoms with Gasteiger partial charge in [-0.05, 0) is 51.3 Å². The Hall–Kier alpha value is -1.92. The first-order valence-electron chi connectivity index (χ1n) is 14.9. The molecule has 1 heterocycles. The van der Waals surface area contributed by atoms with E-state index in [2.05, 4.69) is 19.2 Å². The van der Waals surface area contributed by atoms with Crippen molar-refractivity contribution in [2.45, 2.75) is 117 Å². The molecule has 37 heavy (non-hydrogen) atoms. The molecular weight excluding hydrogens is 466 g/mol. The third-order valence-corrected chi connectivity index (χ3v) is 6.51. The summed E-state index contributed by atoms with van der Waals surface area (Å²) in [5.41, 5.74) is 0.586. The molecule has 212 valence electrons. The van der Waals surface area contributed by atoms with Gasteiger partial charge in [0.25, 0.3) is 0 Å². The molecule has 0 saturated carbocycles. The van der Waals surface area contributed by atoms with E-state index in [9.17, 15) is 9.59 Å². The number of nitrogens with one attached hydrogen (secondary N) is 1. The van der Waals surface area contributed by atoms with Crippen molar-refractivity contribution < 1.29 is 23.8 Å². The van der Waals surface area contributed by atoms with E-state index in [1.807, 2.05) is 6.92 Å². The quantitative estimate of drug-likeness (QED) is 0.151. The molecule has 1 N–H and O–H groups in total. The van der Waals surface area contributed by atoms with Crippen LogP contribution in [0, 0.1) is 0 Å². The molecule has 0 bridgehead atoms. The van der Waals surface area contributed by atoms with Crippen molar-refractivity contribution >= 4 is 11.9 Å². The zero-order chi connectivity index (χ0) is 27.0. The Labute approximate surface area is 226 Å². The highest BCUT2D eigenvalue weighted by Crippen LogP contribution is 2.14. The van der Waals surface area contributed by atoms with Crippen LogP contribution in [0.5, 0.6) is 0 Å². The maximum atomic E-state index is 12.4. The van der Waals surface area contributed by atoms with Gasteiger partial charge in [-0.15, -0.1) is 0 Å². The first-order valence-corrected chi connectivity index (χ1v) is 14.9. The van der Waals surface area contributed by atoms with Gasteiger partial charge in [0.05, 0.1) is 30.9 Å². The van der Waals surface area contributed by atoms with Gasteiger partial charge in [0.1, 0.15) is 0 Å². The first-order chi connectivity index (χ1) is 18.1. The molecule has 6 heteroatoms. The number of benzene rings is 1. The number of ether oxygens (including phenoxy) is 3. The number of esters is 2. The molecule has 1 unspecified atom stereocenters. The maximum absolute atomic E-state index is 12.4. The van der Waals surface area contributed by atoms with Crippen LogP contribution in [0.15, 0.2) is 24.3 Å². The molecular formula is C31H53NO5. The lowest BCUT2D eigenvalue weighted by atomic mass is 10.1. The summed E-state index contributed by atoms with van der Waals surface area (Å²) in [6.45, 7) is 10.1. The second-order valence-electron chi connectivity index (χ2n) is 9.81. The second kappa shape index (κ2) is 23.2. The lowest BCUT2D eigenvalue weighted by Gasteiger charge is -2.10. The Balaban J connectivity index is 0.000000635. The van der Waals surface area contributed by atoms with Crippen molar-refractivity contribution in [1.29, 1.82) is 0 Å². The molecule has 1 aliphatic rings. The van der Waals surface area contributed by atoms with Crippen LogP contribution in [0.3, 0.4) is 0 Å². The average molecular weight is 520 g/mol. The van der Waals surface area contributed by atoms with Gasteiger partial charge in [0.2, 0.25) is 0 Å². The minimum atomic E-state index is -0.444. The molecule has 0 aromatic heterocycles. The highest BCUT2D eigenvalue weighted by molar-refractivity contribution is 6.03. The topological polar surface area (TPSA) is 73.9 Å². The van der Waals surface area contributed by atoms with Crippen LogP contribution in [0.4, 0.5) is 0 Å². The van der Waals surface area contributed by atoms with Gasteiger partial charge < -0.3 is 19.5 Å². The van der Waals surface area contributed by atoms with Crippen LogP contribution < -0.4 is 5.32 Å². The molecule has 0 spiro atoms. The van der Waals surface area contributed by atoms with Crippen LogP contribution in [0.1, 0.15) is 131 Å². The monoisotopic (exact) mass is 519 g/mol. The third kappa shape index (κ3) is 16.5. The Morgan fingerprint density at radius 3 is 1.68 bits per heavy atom. The van der Waals surface area contributed by atoms with E-state index in [4.69, 9.17) is 14.2 Å². The van der Waals surface area contributed by atoms with Crippen molar-refractivity contribution in [3.8, 4) is 0 Å². The molecule has 0 radical (unpaired) electrons. The Bertz CT molecular complexity index is 654. The van der Waals surface area contributed by atoms with Gasteiger partial charge in [0, 0.05) is 12.6 Å². The highest BCUT2D eigenvalue weighted by atomic mass is 16.5. The van der Waals surface area contributed by atoms with Crippen LogP contribution in [-0.4, -0.2) is 51.0 Å². The molecule has 6 nitrogen and oxygen atoms in total. The number of hydrogen-bond donors (Lipinski definition) is 1. The molecule has 1 fully saturated rings. The zero-order valence-corrected chi connectivity index (χ0v) is 23.9. The van der Waals surface area contributed by atoms with Gasteiger partial charge in [0.15, 0.2) is 0 Å². The number of carbonyl (C=O) groups excluding carboxylic acids is 2. The summed E-state index contributed by atoms with van der Waals surface area (Å²) >= 11 is 0. The van der Waals surface area contributed by atoms with Gasteiger partial charge in [-0.1, -0.05) is 90.2 Å². The van der Waals surface area contributed by atoms with Gasteiger partial charge in [-0.2, -0.15) is 0 Å². The minimum Gasteiger partial charge on any atom is -0.462 e. The van der Waals surface area contributed by atoms with Crippen molar-refractivity contribution in [2.24, 2.45) is 0 Å². The van der Waals surface area contributed by atoms with Gasteiger partial charge in [-0.25, -0.2) is 9.59 Å². The first kappa shape index (κ1) is 33.1. The van der Waals surface area contributed by atoms with Crippen molar-refractivity contribution in [2.75, 3.05) is 33.0 Å². The largest absolute Gasteiger partial charge is 0.462 e. The fourth-order valence-electron chi connectivity index (χ4n) is 4.25. The van der Waals surface area contributed by atoms with Gasteiger partial charge >= 0.3 is 11.9 Å². The fourth-order valence-corrected chi connectivity index (χ4v) is 4.25. The van der Waals surface area contributed by atoms with E-state index in [1.165, 1.54) is 70.8 Å². The molecule has 2 rings (SSSR count). The van der Waals surface area contributed by atoms with E-state index in [0.717, 1.165) is 38.9 Å². The smallest absolute Gasteiger partial charge is 0.339 e. The summed E-state index contributed by atoms with van der Waals surface area (Å²) in [7, 11) is 0. The Morgan fingerprint density at radius 2 is 1.24 bits per heavy atom. The maximum Gasteiger partial charge on any atom is 0.339 e. The van der Waals surface area contributed by atoms with Crippen LogP contribution in [0.2, 0.25) is 0 Å². The third-order valence-electron chi connectivity index (χ3n) is 6.51. The average Bonchev–Trinajstić information content (AvgIpc) is 3.45. The molecule has 0 aliphatic carbocycles. The van der Waals surface area contributed by atoms with E-state index >= 15 is 0 Å². The lowest BCUT2D eigenvalue weighted by Crippen LogP contribution is -2.26. The molecule has 1 aromatic carbocycles. The summed E-state index contributed by atoms with van der Waals surface area (Å²) in [4.78, 5) is 24.7. The molecule has 1 atom stereocenters. The van der Waals surface area contributed by atoms with Crippen molar-refractivity contribution in [3.05, 3.63) is 35.4 Å². The summed E-state index contributed by atoms with van der Waals surface area (Å²) in [5, 5.41) is 3.37. The highest BCUT2D eigenvalue weighted by Gasteiger charge is 2.18. The number of carbonyl (C=O) groups is 2. The lowest BCUT2D eigenvalue weighted by molar-refractivity contribution is 0.0450. The number of unbranched alkanes of at least 4 members (excludes halogenated alkanes) is 10. The molecule has 1 saturated heterocycles. The molecule has 1 aromatic rings. The van der Waals surface area contributed by atoms with Crippen LogP contribution >= 0.6 is 0 Å². The number of rotatable bonds is 19. The summed E-state index contributed by atoms with van der Waals surface area (Å²) in [5.74, 6) is -0.888. The SMILES string of the molecule is CCCCCCCCOC(=O)c1ccccc1C(=O)OCCCCCCCC.CCOCC1CCCN1. The van der Waals surface area contributed by atoms with Crippen LogP contribution in [0.25, 0.3) is 0 Å². The summed E-state index contributed by atoms with van der Waals surface area (Å²) in [6.07, 6.45) is 16.2. The van der Waals surface area contributed by atoms with Crippen molar-refractivity contribution in [1.82, 2.24) is 5.32 Å². The van der Waals surface area contributed by atoms with E-state index < -0.39 is 11.9 Å². The molecule has 1 aliphatic heterocycles. The summed E-state index contributed by atoms with van der Waals surface area (Å²) in [6, 6.07) is 7.39. The predicted molar refractivity (Wildman–Crippen MR) is 151 cm³/mol. The fraction of sp³-hybridized carbons (Fsp3) is 0.742. The van der Waals surface area contributed by atoms with Gasteiger partial charge in [-0.3, -0.25) is 0 Å². The van der Waals surface area contributed by atoms with E-state index in [1.54, 1.807) is 24.3 Å². The zero-order valence-electron chi connectivity index (χ0n) is 23.9. The standard InChI is InChI=1S/C24H38O4.C7H15NO/c1-3-5-7-9-11-15-19-27-23(25)21-17-13-14-18-22(21)24(26)28-20-16-12-10-8-6-4-2;1-2-9-6-7-4-3-5-8-7/h13-14,17-18H,3-12,15-16,19-20H2,1-2H3;7-8H,2-6H2,1H3.